The lowest BCUT2D eigenvalue weighted by molar-refractivity contribution is 0.507. The maximum Gasteiger partial charge on any atom is 0.0489 e. The van der Waals surface area contributed by atoms with Gasteiger partial charge < -0.3 is 5.32 Å². The van der Waals surface area contributed by atoms with Crippen LogP contribution in [0.2, 0.25) is 0 Å². The van der Waals surface area contributed by atoms with Gasteiger partial charge in [-0.1, -0.05) is 29.8 Å². The number of nitrogens with one attached hydrogen (secondary N) is 1. The second-order valence-electron chi connectivity index (χ2n) is 4.71. The third-order valence-corrected chi connectivity index (χ3v) is 3.12. The molecule has 2 aromatic rings. The van der Waals surface area contributed by atoms with Gasteiger partial charge in [-0.25, -0.2) is 0 Å². The molecular weight excluding hydrogens is 222 g/mol. The highest BCUT2D eigenvalue weighted by Gasteiger charge is 2.03. The van der Waals surface area contributed by atoms with E-state index >= 15 is 0 Å². The number of nitrogens with zero attached hydrogens (tertiary/aromatic N) is 2. The summed E-state index contributed by atoms with van der Waals surface area (Å²) in [6.45, 7) is 6.33. The maximum atomic E-state index is 4.19. The molecular formula is C15H21N3. The molecule has 1 aromatic heterocycles. The van der Waals surface area contributed by atoms with Gasteiger partial charge >= 0.3 is 0 Å². The first-order chi connectivity index (χ1) is 8.75. The lowest BCUT2D eigenvalue weighted by Gasteiger charge is -2.14. The van der Waals surface area contributed by atoms with E-state index in [1.54, 1.807) is 0 Å². The van der Waals surface area contributed by atoms with Gasteiger partial charge in [0.2, 0.25) is 0 Å². The maximum absolute atomic E-state index is 4.19. The van der Waals surface area contributed by atoms with Crippen LogP contribution >= 0.6 is 0 Å². The Morgan fingerprint density at radius 3 is 2.94 bits per heavy atom. The van der Waals surface area contributed by atoms with E-state index in [9.17, 15) is 0 Å². The Kier molecular flexibility index (Phi) is 4.53. The average molecular weight is 243 g/mol. The van der Waals surface area contributed by atoms with Gasteiger partial charge in [-0.2, -0.15) is 5.10 Å². The molecule has 2 rings (SSSR count). The molecule has 0 fully saturated rings. The third kappa shape index (κ3) is 3.70. The molecule has 0 radical (unpaired) electrons. The van der Waals surface area contributed by atoms with Gasteiger partial charge in [0.25, 0.3) is 0 Å². The SMILES string of the molecule is Cc1cccc([C@@H](C)NCCCn2cccn2)c1. The Labute approximate surface area is 109 Å². The van der Waals surface area contributed by atoms with Crippen molar-refractivity contribution >= 4 is 0 Å². The first kappa shape index (κ1) is 12.8. The van der Waals surface area contributed by atoms with Crippen molar-refractivity contribution in [1.29, 1.82) is 0 Å². The summed E-state index contributed by atoms with van der Waals surface area (Å²) in [5.74, 6) is 0. The molecule has 0 unspecified atom stereocenters. The Bertz CT molecular complexity index is 462. The van der Waals surface area contributed by atoms with E-state index in [0.29, 0.717) is 6.04 Å². The third-order valence-electron chi connectivity index (χ3n) is 3.12. The van der Waals surface area contributed by atoms with Crippen LogP contribution in [0.4, 0.5) is 0 Å². The number of hydrogen-bond donors (Lipinski definition) is 1. The van der Waals surface area contributed by atoms with Crippen LogP contribution in [0.25, 0.3) is 0 Å². The smallest absolute Gasteiger partial charge is 0.0489 e. The highest BCUT2D eigenvalue weighted by Crippen LogP contribution is 2.13. The van der Waals surface area contributed by atoms with Crippen LogP contribution in [0.15, 0.2) is 42.7 Å². The molecule has 1 aromatic carbocycles. The van der Waals surface area contributed by atoms with E-state index in [1.165, 1.54) is 11.1 Å². The molecule has 1 heterocycles. The van der Waals surface area contributed by atoms with Gasteiger partial charge in [0.1, 0.15) is 0 Å². The van der Waals surface area contributed by atoms with E-state index in [4.69, 9.17) is 0 Å². The number of hydrogen-bond acceptors (Lipinski definition) is 2. The summed E-state index contributed by atoms with van der Waals surface area (Å²) in [6.07, 6.45) is 4.92. The summed E-state index contributed by atoms with van der Waals surface area (Å²) in [5, 5.41) is 7.74. The fourth-order valence-electron chi connectivity index (χ4n) is 2.05. The molecule has 1 atom stereocenters. The summed E-state index contributed by atoms with van der Waals surface area (Å²) in [7, 11) is 0. The zero-order chi connectivity index (χ0) is 12.8. The van der Waals surface area contributed by atoms with Crippen LogP contribution in [0.5, 0.6) is 0 Å². The van der Waals surface area contributed by atoms with Crippen LogP contribution < -0.4 is 5.32 Å². The minimum Gasteiger partial charge on any atom is -0.310 e. The minimum absolute atomic E-state index is 0.405. The Morgan fingerprint density at radius 1 is 1.33 bits per heavy atom. The van der Waals surface area contributed by atoms with Gasteiger partial charge in [-0.3, -0.25) is 4.68 Å². The second kappa shape index (κ2) is 6.36. The Morgan fingerprint density at radius 2 is 2.22 bits per heavy atom. The minimum atomic E-state index is 0.405. The summed E-state index contributed by atoms with van der Waals surface area (Å²) < 4.78 is 1.97. The zero-order valence-corrected chi connectivity index (χ0v) is 11.1. The average Bonchev–Trinajstić information content (AvgIpc) is 2.87. The van der Waals surface area contributed by atoms with E-state index in [0.717, 1.165) is 19.5 Å². The van der Waals surface area contributed by atoms with Crippen molar-refractivity contribution in [2.24, 2.45) is 0 Å². The molecule has 3 nitrogen and oxygen atoms in total. The van der Waals surface area contributed by atoms with Crippen molar-refractivity contribution in [3.8, 4) is 0 Å². The first-order valence-electron chi connectivity index (χ1n) is 6.53. The van der Waals surface area contributed by atoms with E-state index in [2.05, 4.69) is 48.5 Å². The van der Waals surface area contributed by atoms with Gasteiger partial charge in [-0.05, 0) is 38.4 Å². The molecule has 3 heteroatoms. The fourth-order valence-corrected chi connectivity index (χ4v) is 2.05. The highest BCUT2D eigenvalue weighted by atomic mass is 15.3. The molecule has 0 bridgehead atoms. The number of aryl methyl sites for hydroxylation is 2. The van der Waals surface area contributed by atoms with Crippen molar-refractivity contribution in [3.05, 3.63) is 53.9 Å². The molecule has 18 heavy (non-hydrogen) atoms. The van der Waals surface area contributed by atoms with E-state index in [-0.39, 0.29) is 0 Å². The predicted molar refractivity (Wildman–Crippen MR) is 74.4 cm³/mol. The normalized spacial score (nSPS) is 12.6. The van der Waals surface area contributed by atoms with Crippen molar-refractivity contribution in [3.63, 3.8) is 0 Å². The second-order valence-corrected chi connectivity index (χ2v) is 4.71. The fraction of sp³-hybridized carbons (Fsp3) is 0.400. The summed E-state index contributed by atoms with van der Waals surface area (Å²) in [5.41, 5.74) is 2.67. The van der Waals surface area contributed by atoms with Gasteiger partial charge in [0.15, 0.2) is 0 Å². The molecule has 0 aliphatic carbocycles. The number of rotatable bonds is 6. The van der Waals surface area contributed by atoms with Crippen molar-refractivity contribution in [2.45, 2.75) is 32.9 Å². The monoisotopic (exact) mass is 243 g/mol. The molecule has 0 spiro atoms. The summed E-state index contributed by atoms with van der Waals surface area (Å²) in [4.78, 5) is 0. The van der Waals surface area contributed by atoms with Crippen molar-refractivity contribution in [1.82, 2.24) is 15.1 Å². The molecule has 0 saturated heterocycles. The zero-order valence-electron chi connectivity index (χ0n) is 11.1. The van der Waals surface area contributed by atoms with E-state index in [1.807, 2.05) is 23.1 Å². The molecule has 0 aliphatic heterocycles. The lowest BCUT2D eigenvalue weighted by atomic mass is 10.1. The standard InChI is InChI=1S/C15H21N3/c1-13-6-3-7-15(12-13)14(2)16-8-4-10-18-11-5-9-17-18/h3,5-7,9,11-12,14,16H,4,8,10H2,1-2H3/t14-/m1/s1. The van der Waals surface area contributed by atoms with Gasteiger partial charge in [0, 0.05) is 25.0 Å². The van der Waals surface area contributed by atoms with Gasteiger partial charge in [-0.15, -0.1) is 0 Å². The first-order valence-corrected chi connectivity index (χ1v) is 6.53. The van der Waals surface area contributed by atoms with Crippen molar-refractivity contribution < 1.29 is 0 Å². The van der Waals surface area contributed by atoms with Crippen LogP contribution in [0, 0.1) is 6.92 Å². The molecule has 0 amide bonds. The summed E-state index contributed by atoms with van der Waals surface area (Å²) in [6, 6.07) is 11.0. The molecule has 1 N–H and O–H groups in total. The van der Waals surface area contributed by atoms with Crippen molar-refractivity contribution in [2.75, 3.05) is 6.54 Å². The van der Waals surface area contributed by atoms with Crippen LogP contribution in [-0.2, 0) is 6.54 Å². The Balaban J connectivity index is 1.73. The van der Waals surface area contributed by atoms with Gasteiger partial charge in [0.05, 0.1) is 0 Å². The lowest BCUT2D eigenvalue weighted by Crippen LogP contribution is -2.21. The molecule has 96 valence electrons. The number of benzene rings is 1. The topological polar surface area (TPSA) is 29.9 Å². The van der Waals surface area contributed by atoms with E-state index < -0.39 is 0 Å². The quantitative estimate of drug-likeness (QED) is 0.791. The highest BCUT2D eigenvalue weighted by molar-refractivity contribution is 5.24. The molecule has 0 saturated carbocycles. The van der Waals surface area contributed by atoms with Crippen LogP contribution in [-0.4, -0.2) is 16.3 Å². The Hall–Kier alpha value is -1.61. The molecule has 0 aliphatic rings. The number of aromatic nitrogens is 2. The van der Waals surface area contributed by atoms with Crippen LogP contribution in [0.3, 0.4) is 0 Å². The largest absolute Gasteiger partial charge is 0.310 e. The van der Waals surface area contributed by atoms with Crippen LogP contribution in [0.1, 0.15) is 30.5 Å². The summed E-state index contributed by atoms with van der Waals surface area (Å²) >= 11 is 0. The predicted octanol–water partition coefficient (Wildman–Crippen LogP) is 2.93.